The molecule has 9 nitrogen and oxygen atoms in total. The Hall–Kier alpha value is -1.78. The largest absolute Gasteiger partial charge is 0.379 e. The first-order chi connectivity index (χ1) is 9.58. The molecule has 2 rings (SSSR count). The van der Waals surface area contributed by atoms with Gasteiger partial charge in [0.25, 0.3) is 0 Å². The van der Waals surface area contributed by atoms with Gasteiger partial charge in [-0.1, -0.05) is 0 Å². The molecule has 1 saturated heterocycles. The molecule has 2 heterocycles. The first-order valence-electron chi connectivity index (χ1n) is 6.04. The van der Waals surface area contributed by atoms with Crippen molar-refractivity contribution in [2.45, 2.75) is 0 Å². The van der Waals surface area contributed by atoms with Crippen LogP contribution in [0.15, 0.2) is 6.07 Å². The number of morpholine rings is 1. The number of hydrogen-bond acceptors (Lipinski definition) is 8. The van der Waals surface area contributed by atoms with Crippen LogP contribution in [0.2, 0.25) is 0 Å². The summed E-state index contributed by atoms with van der Waals surface area (Å²) in [5, 5.41) is 24.4. The standard InChI is InChI=1S/C10H14N4O5S/c15-13(16)8-7-9(14(17)18)20-10(8)11-1-2-12-3-5-19-6-4-12/h7,11H,1-6H2. The Kier molecular flexibility index (Phi) is 4.82. The minimum Gasteiger partial charge on any atom is -0.379 e. The zero-order chi connectivity index (χ0) is 14.5. The first-order valence-corrected chi connectivity index (χ1v) is 6.86. The predicted octanol–water partition coefficient (Wildman–Crippen LogP) is 1.31. The third-order valence-corrected chi connectivity index (χ3v) is 3.93. The Balaban J connectivity index is 1.93. The fourth-order valence-corrected chi connectivity index (χ4v) is 2.74. The van der Waals surface area contributed by atoms with Crippen molar-refractivity contribution < 1.29 is 14.6 Å². The molecule has 0 aromatic carbocycles. The average Bonchev–Trinajstić information content (AvgIpc) is 2.84. The van der Waals surface area contributed by atoms with Crippen molar-refractivity contribution in [2.75, 3.05) is 44.7 Å². The van der Waals surface area contributed by atoms with E-state index in [1.807, 2.05) is 0 Å². The topological polar surface area (TPSA) is 111 Å². The van der Waals surface area contributed by atoms with Gasteiger partial charge < -0.3 is 10.1 Å². The lowest BCUT2D eigenvalue weighted by molar-refractivity contribution is -0.389. The SMILES string of the molecule is O=[N+]([O-])c1cc([N+](=O)[O-])c(NCCN2CCOCC2)s1. The van der Waals surface area contributed by atoms with E-state index >= 15 is 0 Å². The number of thiophene rings is 1. The fraction of sp³-hybridized carbons (Fsp3) is 0.600. The molecule has 10 heteroatoms. The van der Waals surface area contributed by atoms with Crippen molar-refractivity contribution in [1.29, 1.82) is 0 Å². The summed E-state index contributed by atoms with van der Waals surface area (Å²) in [5.41, 5.74) is -0.247. The van der Waals surface area contributed by atoms with E-state index < -0.39 is 9.85 Å². The summed E-state index contributed by atoms with van der Waals surface area (Å²) in [7, 11) is 0. The molecule has 1 aromatic rings. The molecule has 0 bridgehead atoms. The van der Waals surface area contributed by atoms with Crippen LogP contribution in [0.4, 0.5) is 15.7 Å². The van der Waals surface area contributed by atoms with Crippen LogP contribution < -0.4 is 5.32 Å². The van der Waals surface area contributed by atoms with E-state index in [9.17, 15) is 20.2 Å². The third-order valence-electron chi connectivity index (χ3n) is 2.89. The number of hydrogen-bond donors (Lipinski definition) is 1. The highest BCUT2D eigenvalue weighted by Crippen LogP contribution is 2.38. The molecule has 1 fully saturated rings. The number of nitro groups is 2. The van der Waals surface area contributed by atoms with Gasteiger partial charge in [0, 0.05) is 26.2 Å². The Morgan fingerprint density at radius 2 is 2.00 bits per heavy atom. The van der Waals surface area contributed by atoms with E-state index in [0.717, 1.165) is 30.5 Å². The zero-order valence-corrected chi connectivity index (χ0v) is 11.4. The second-order valence-electron chi connectivity index (χ2n) is 4.19. The molecule has 0 atom stereocenters. The Labute approximate surface area is 118 Å². The summed E-state index contributed by atoms with van der Waals surface area (Å²) in [6.07, 6.45) is 0. The third kappa shape index (κ3) is 3.62. The summed E-state index contributed by atoms with van der Waals surface area (Å²) >= 11 is 0.787. The minimum absolute atomic E-state index is 0.231. The summed E-state index contributed by atoms with van der Waals surface area (Å²) < 4.78 is 5.22. The maximum absolute atomic E-state index is 10.8. The molecule has 0 spiro atoms. The predicted molar refractivity (Wildman–Crippen MR) is 73.4 cm³/mol. The van der Waals surface area contributed by atoms with Crippen LogP contribution in [0, 0.1) is 20.2 Å². The second-order valence-corrected chi connectivity index (χ2v) is 5.22. The van der Waals surface area contributed by atoms with Crippen LogP contribution in [0.5, 0.6) is 0 Å². The normalized spacial score (nSPS) is 16.0. The molecule has 0 amide bonds. The first kappa shape index (κ1) is 14.6. The fourth-order valence-electron chi connectivity index (χ4n) is 1.87. The number of nitrogens with one attached hydrogen (secondary N) is 1. The molecule has 1 N–H and O–H groups in total. The van der Waals surface area contributed by atoms with E-state index in [0.29, 0.717) is 26.3 Å². The lowest BCUT2D eigenvalue weighted by Gasteiger charge is -2.26. The molecule has 20 heavy (non-hydrogen) atoms. The Morgan fingerprint density at radius 1 is 1.30 bits per heavy atom. The summed E-state index contributed by atoms with van der Waals surface area (Å²) in [6, 6.07) is 0.988. The zero-order valence-electron chi connectivity index (χ0n) is 10.6. The van der Waals surface area contributed by atoms with Crippen LogP contribution in [0.1, 0.15) is 0 Å². The van der Waals surface area contributed by atoms with Crippen molar-refractivity contribution in [2.24, 2.45) is 0 Å². The van der Waals surface area contributed by atoms with Gasteiger partial charge in [0.1, 0.15) is 6.07 Å². The second kappa shape index (κ2) is 6.59. The van der Waals surface area contributed by atoms with Gasteiger partial charge >= 0.3 is 10.7 Å². The molecule has 1 aliphatic rings. The molecule has 110 valence electrons. The van der Waals surface area contributed by atoms with Crippen molar-refractivity contribution in [3.8, 4) is 0 Å². The van der Waals surface area contributed by atoms with Crippen LogP contribution in [-0.2, 0) is 4.74 Å². The maximum Gasteiger partial charge on any atom is 0.333 e. The monoisotopic (exact) mass is 302 g/mol. The van der Waals surface area contributed by atoms with Crippen molar-refractivity contribution >= 4 is 27.0 Å². The van der Waals surface area contributed by atoms with Gasteiger partial charge in [-0.3, -0.25) is 25.1 Å². The highest BCUT2D eigenvalue weighted by Gasteiger charge is 2.24. The minimum atomic E-state index is -0.620. The van der Waals surface area contributed by atoms with Crippen molar-refractivity contribution in [3.05, 3.63) is 26.3 Å². The number of nitrogens with zero attached hydrogens (tertiary/aromatic N) is 3. The van der Waals surface area contributed by atoms with Gasteiger partial charge in [0.15, 0.2) is 5.00 Å². The van der Waals surface area contributed by atoms with E-state index in [-0.39, 0.29) is 15.7 Å². The molecule has 0 aliphatic carbocycles. The van der Waals surface area contributed by atoms with Gasteiger partial charge in [-0.25, -0.2) is 0 Å². The highest BCUT2D eigenvalue weighted by atomic mass is 32.1. The van der Waals surface area contributed by atoms with Crippen LogP contribution in [-0.4, -0.2) is 54.1 Å². The Morgan fingerprint density at radius 3 is 2.60 bits per heavy atom. The number of rotatable bonds is 6. The van der Waals surface area contributed by atoms with E-state index in [4.69, 9.17) is 4.74 Å². The summed E-state index contributed by atoms with van der Waals surface area (Å²) in [5.74, 6) is 0. The number of anilines is 1. The van der Waals surface area contributed by atoms with Crippen LogP contribution in [0.3, 0.4) is 0 Å². The van der Waals surface area contributed by atoms with E-state index in [1.54, 1.807) is 0 Å². The average molecular weight is 302 g/mol. The van der Waals surface area contributed by atoms with Gasteiger partial charge in [0.2, 0.25) is 0 Å². The molecule has 1 aromatic heterocycles. The van der Waals surface area contributed by atoms with E-state index in [2.05, 4.69) is 10.2 Å². The lowest BCUT2D eigenvalue weighted by atomic mass is 10.4. The van der Waals surface area contributed by atoms with Gasteiger partial charge in [0.05, 0.1) is 23.1 Å². The van der Waals surface area contributed by atoms with Gasteiger partial charge in [-0.15, -0.1) is 0 Å². The van der Waals surface area contributed by atoms with Crippen molar-refractivity contribution in [3.63, 3.8) is 0 Å². The van der Waals surface area contributed by atoms with Crippen LogP contribution >= 0.6 is 11.3 Å². The van der Waals surface area contributed by atoms with Crippen molar-refractivity contribution in [1.82, 2.24) is 4.90 Å². The molecular weight excluding hydrogens is 288 g/mol. The summed E-state index contributed by atoms with van der Waals surface area (Å²) in [4.78, 5) is 22.4. The molecular formula is C10H14N4O5S. The van der Waals surface area contributed by atoms with Gasteiger partial charge in [-0.05, 0) is 11.3 Å². The maximum atomic E-state index is 10.8. The lowest BCUT2D eigenvalue weighted by Crippen LogP contribution is -2.38. The molecule has 0 saturated carbocycles. The highest BCUT2D eigenvalue weighted by molar-refractivity contribution is 7.19. The molecule has 0 unspecified atom stereocenters. The molecule has 0 radical (unpaired) electrons. The Bertz CT molecular complexity index is 500. The smallest absolute Gasteiger partial charge is 0.333 e. The number of ether oxygens (including phenoxy) is 1. The van der Waals surface area contributed by atoms with Gasteiger partial charge in [-0.2, -0.15) is 0 Å². The summed E-state index contributed by atoms with van der Waals surface area (Å²) in [6.45, 7) is 4.24. The quantitative estimate of drug-likeness (QED) is 0.623. The molecule has 1 aliphatic heterocycles. The van der Waals surface area contributed by atoms with E-state index in [1.165, 1.54) is 0 Å². The van der Waals surface area contributed by atoms with Crippen LogP contribution in [0.25, 0.3) is 0 Å².